The lowest BCUT2D eigenvalue weighted by atomic mass is 10.0. The molecule has 1 heterocycles. The smallest absolute Gasteiger partial charge is 0.219 e. The number of ether oxygens (including phenoxy) is 1. The fourth-order valence-corrected chi connectivity index (χ4v) is 2.83. The van der Waals surface area contributed by atoms with Crippen LogP contribution in [-0.4, -0.2) is 4.98 Å². The monoisotopic (exact) mass is 343 g/mol. The molecule has 0 radical (unpaired) electrons. The molecule has 0 aliphatic heterocycles. The molecule has 1 aromatic carbocycles. The number of aryl methyl sites for hydroxylation is 1. The normalized spacial score (nSPS) is 11.0. The number of hydrogen-bond acceptors (Lipinski definition) is 2. The zero-order valence-corrected chi connectivity index (χ0v) is 14.4. The van der Waals surface area contributed by atoms with Crippen LogP contribution in [0.2, 0.25) is 10.0 Å². The Bertz CT molecular complexity index is 656. The minimum absolute atomic E-state index is 0.243. The molecule has 2 nitrogen and oxygen atoms in total. The van der Waals surface area contributed by atoms with Crippen LogP contribution in [0, 0.1) is 6.92 Å². The molecule has 0 fully saturated rings. The lowest BCUT2D eigenvalue weighted by Crippen LogP contribution is -1.97. The van der Waals surface area contributed by atoms with E-state index >= 15 is 0 Å². The van der Waals surface area contributed by atoms with Gasteiger partial charge in [-0.1, -0.05) is 37.0 Å². The van der Waals surface area contributed by atoms with Crippen molar-refractivity contribution < 1.29 is 4.74 Å². The van der Waals surface area contributed by atoms with E-state index in [9.17, 15) is 0 Å². The molecule has 0 spiro atoms. The number of pyridine rings is 1. The molecule has 0 atom stereocenters. The largest absolute Gasteiger partial charge is 0.439 e. The second kappa shape index (κ2) is 6.87. The van der Waals surface area contributed by atoms with E-state index in [1.54, 1.807) is 12.1 Å². The molecule has 2 aromatic rings. The van der Waals surface area contributed by atoms with Gasteiger partial charge in [0.25, 0.3) is 0 Å². The molecule has 0 saturated carbocycles. The number of aromatic nitrogens is 1. The molecule has 2 rings (SSSR count). The second-order valence-electron chi connectivity index (χ2n) is 5.11. The summed E-state index contributed by atoms with van der Waals surface area (Å²) < 4.78 is 5.87. The van der Waals surface area contributed by atoms with Crippen molar-refractivity contribution in [1.82, 2.24) is 4.98 Å². The summed E-state index contributed by atoms with van der Waals surface area (Å²) in [5.74, 6) is 1.76. The Kier molecular flexibility index (Phi) is 5.37. The fourth-order valence-electron chi connectivity index (χ4n) is 1.95. The Labute approximate surface area is 140 Å². The molecule has 0 aliphatic carbocycles. The van der Waals surface area contributed by atoms with Crippen LogP contribution in [0.1, 0.15) is 36.6 Å². The first kappa shape index (κ1) is 16.4. The Hall–Kier alpha value is -0.960. The number of nitrogens with zero attached hydrogens (tertiary/aromatic N) is 1. The van der Waals surface area contributed by atoms with Gasteiger partial charge >= 0.3 is 0 Å². The highest BCUT2D eigenvalue weighted by Crippen LogP contribution is 2.33. The second-order valence-corrected chi connectivity index (χ2v) is 6.19. The van der Waals surface area contributed by atoms with Crippen LogP contribution in [-0.2, 0) is 5.88 Å². The molecule has 5 heteroatoms. The van der Waals surface area contributed by atoms with Crippen LogP contribution in [0.4, 0.5) is 0 Å². The van der Waals surface area contributed by atoms with Crippen molar-refractivity contribution in [2.75, 3.05) is 0 Å². The van der Waals surface area contributed by atoms with Crippen LogP contribution in [0.25, 0.3) is 0 Å². The number of halogens is 3. The summed E-state index contributed by atoms with van der Waals surface area (Å²) >= 11 is 18.1. The standard InChI is InChI=1S/C16H16Cl3NO/c1-9(2)11-7-15(10(3)6-13(11)19)21-16-5-4-12(18)14(8-17)20-16/h4-7,9H,8H2,1-3H3. The van der Waals surface area contributed by atoms with E-state index in [-0.39, 0.29) is 5.88 Å². The number of benzene rings is 1. The van der Waals surface area contributed by atoms with Gasteiger partial charge in [-0.15, -0.1) is 11.6 Å². The Morgan fingerprint density at radius 1 is 1.14 bits per heavy atom. The molecular formula is C16H16Cl3NO. The lowest BCUT2D eigenvalue weighted by molar-refractivity contribution is 0.457. The van der Waals surface area contributed by atoms with E-state index < -0.39 is 0 Å². The van der Waals surface area contributed by atoms with Gasteiger partial charge in [-0.05, 0) is 42.2 Å². The highest BCUT2D eigenvalue weighted by atomic mass is 35.5. The van der Waals surface area contributed by atoms with Gasteiger partial charge in [0.2, 0.25) is 5.88 Å². The van der Waals surface area contributed by atoms with E-state index in [4.69, 9.17) is 39.5 Å². The van der Waals surface area contributed by atoms with Crippen molar-refractivity contribution >= 4 is 34.8 Å². The molecular weight excluding hydrogens is 329 g/mol. The molecule has 0 saturated heterocycles. The van der Waals surface area contributed by atoms with Crippen molar-refractivity contribution in [2.24, 2.45) is 0 Å². The Balaban J connectivity index is 2.37. The molecule has 21 heavy (non-hydrogen) atoms. The van der Waals surface area contributed by atoms with Gasteiger partial charge in [0.05, 0.1) is 16.6 Å². The third kappa shape index (κ3) is 3.82. The molecule has 112 valence electrons. The predicted octanol–water partition coefficient (Wildman–Crippen LogP) is 6.35. The van der Waals surface area contributed by atoms with Crippen LogP contribution < -0.4 is 4.74 Å². The molecule has 0 unspecified atom stereocenters. The number of rotatable bonds is 4. The van der Waals surface area contributed by atoms with Gasteiger partial charge < -0.3 is 4.74 Å². The van der Waals surface area contributed by atoms with Crippen molar-refractivity contribution in [2.45, 2.75) is 32.6 Å². The topological polar surface area (TPSA) is 22.1 Å². The van der Waals surface area contributed by atoms with Crippen LogP contribution in [0.3, 0.4) is 0 Å². The van der Waals surface area contributed by atoms with Crippen molar-refractivity contribution in [1.29, 1.82) is 0 Å². The average molecular weight is 345 g/mol. The van der Waals surface area contributed by atoms with Gasteiger partial charge in [-0.25, -0.2) is 4.98 Å². The van der Waals surface area contributed by atoms with Gasteiger partial charge in [-0.2, -0.15) is 0 Å². The minimum Gasteiger partial charge on any atom is -0.439 e. The van der Waals surface area contributed by atoms with E-state index in [1.165, 1.54) is 0 Å². The first-order valence-electron chi connectivity index (χ1n) is 6.61. The minimum atomic E-state index is 0.243. The van der Waals surface area contributed by atoms with Crippen LogP contribution >= 0.6 is 34.8 Å². The van der Waals surface area contributed by atoms with Gasteiger partial charge in [0, 0.05) is 11.1 Å². The van der Waals surface area contributed by atoms with E-state index in [0.717, 1.165) is 21.9 Å². The first-order chi connectivity index (χ1) is 9.92. The summed E-state index contributed by atoms with van der Waals surface area (Å²) in [4.78, 5) is 4.31. The maximum atomic E-state index is 6.26. The van der Waals surface area contributed by atoms with Crippen LogP contribution in [0.15, 0.2) is 24.3 Å². The average Bonchev–Trinajstić information content (AvgIpc) is 2.43. The molecule has 0 aliphatic rings. The third-order valence-corrected chi connectivity index (χ3v) is 4.08. The summed E-state index contributed by atoms with van der Waals surface area (Å²) in [6.45, 7) is 6.13. The first-order valence-corrected chi connectivity index (χ1v) is 7.90. The highest BCUT2D eigenvalue weighted by molar-refractivity contribution is 6.32. The fraction of sp³-hybridized carbons (Fsp3) is 0.312. The van der Waals surface area contributed by atoms with Crippen LogP contribution in [0.5, 0.6) is 11.6 Å². The van der Waals surface area contributed by atoms with Gasteiger partial charge in [-0.3, -0.25) is 0 Å². The maximum Gasteiger partial charge on any atom is 0.219 e. The van der Waals surface area contributed by atoms with Crippen molar-refractivity contribution in [3.05, 3.63) is 51.1 Å². The van der Waals surface area contributed by atoms with E-state index in [1.807, 2.05) is 19.1 Å². The summed E-state index contributed by atoms with van der Waals surface area (Å²) in [7, 11) is 0. The lowest BCUT2D eigenvalue weighted by Gasteiger charge is -2.14. The SMILES string of the molecule is Cc1cc(Cl)c(C(C)C)cc1Oc1ccc(Cl)c(CCl)n1. The summed E-state index contributed by atoms with van der Waals surface area (Å²) in [6.07, 6.45) is 0. The van der Waals surface area contributed by atoms with Crippen molar-refractivity contribution in [3.63, 3.8) is 0 Å². The molecule has 0 bridgehead atoms. The Morgan fingerprint density at radius 2 is 1.86 bits per heavy atom. The molecule has 0 N–H and O–H groups in total. The van der Waals surface area contributed by atoms with Gasteiger partial charge in [0.15, 0.2) is 0 Å². The van der Waals surface area contributed by atoms with E-state index in [0.29, 0.717) is 22.5 Å². The summed E-state index contributed by atoms with van der Waals surface area (Å²) in [6, 6.07) is 7.32. The van der Waals surface area contributed by atoms with Crippen molar-refractivity contribution in [3.8, 4) is 11.6 Å². The van der Waals surface area contributed by atoms with E-state index in [2.05, 4.69) is 18.8 Å². The Morgan fingerprint density at radius 3 is 2.48 bits per heavy atom. The zero-order valence-electron chi connectivity index (χ0n) is 12.1. The molecule has 1 aromatic heterocycles. The number of alkyl halides is 1. The third-order valence-electron chi connectivity index (χ3n) is 3.15. The summed E-state index contributed by atoms with van der Waals surface area (Å²) in [5, 5.41) is 1.29. The predicted molar refractivity (Wildman–Crippen MR) is 89.2 cm³/mol. The number of hydrogen-bond donors (Lipinski definition) is 0. The maximum absolute atomic E-state index is 6.26. The highest BCUT2D eigenvalue weighted by Gasteiger charge is 2.12. The zero-order chi connectivity index (χ0) is 15.6. The summed E-state index contributed by atoms with van der Waals surface area (Å²) in [5.41, 5.74) is 2.60. The molecule has 0 amide bonds. The quantitative estimate of drug-likeness (QED) is 0.603. The van der Waals surface area contributed by atoms with Gasteiger partial charge in [0.1, 0.15) is 5.75 Å².